The highest BCUT2D eigenvalue weighted by Gasteiger charge is 2.27. The summed E-state index contributed by atoms with van der Waals surface area (Å²) < 4.78 is 7.63. The van der Waals surface area contributed by atoms with Crippen LogP contribution in [-0.2, 0) is 4.74 Å². The molecular weight excluding hydrogens is 396 g/mol. The number of rotatable bonds is 5. The maximum Gasteiger partial charge on any atom is 0.265 e. The molecule has 0 bridgehead atoms. The van der Waals surface area contributed by atoms with Gasteiger partial charge in [-0.2, -0.15) is 0 Å². The standard InChI is InChI=1S/C23H34N4O2S/c1-16(15-26-10-12-29-13-11-26)14-20-17(2)24-23-27(20)18(3)21(30-23)22(28)25(4)19-8-6-5-7-9-19/h14,19H,5-13,15H2,1-4H3/b16-14+. The normalized spacial score (nSPS) is 19.5. The van der Waals surface area contributed by atoms with Gasteiger partial charge in [0.25, 0.3) is 5.91 Å². The lowest BCUT2D eigenvalue weighted by Crippen LogP contribution is -2.38. The van der Waals surface area contributed by atoms with Crippen LogP contribution in [0.25, 0.3) is 11.0 Å². The Morgan fingerprint density at radius 1 is 1.23 bits per heavy atom. The van der Waals surface area contributed by atoms with Gasteiger partial charge in [0.1, 0.15) is 4.88 Å². The lowest BCUT2D eigenvalue weighted by Gasteiger charge is -2.31. The van der Waals surface area contributed by atoms with E-state index in [9.17, 15) is 4.79 Å². The second-order valence-corrected chi connectivity index (χ2v) is 9.78. The third kappa shape index (κ3) is 4.34. The highest BCUT2D eigenvalue weighted by molar-refractivity contribution is 7.19. The van der Waals surface area contributed by atoms with Crippen LogP contribution in [0.5, 0.6) is 0 Å². The summed E-state index contributed by atoms with van der Waals surface area (Å²) in [6.07, 6.45) is 8.24. The minimum Gasteiger partial charge on any atom is -0.379 e. The van der Waals surface area contributed by atoms with Crippen LogP contribution in [0.1, 0.15) is 65.8 Å². The number of nitrogens with zero attached hydrogens (tertiary/aromatic N) is 4. The van der Waals surface area contributed by atoms with Gasteiger partial charge in [-0.1, -0.05) is 36.2 Å². The van der Waals surface area contributed by atoms with Crippen LogP contribution in [-0.4, -0.2) is 71.0 Å². The number of fused-ring (bicyclic) bond motifs is 1. The first-order chi connectivity index (χ1) is 14.5. The quantitative estimate of drug-likeness (QED) is 0.715. The summed E-state index contributed by atoms with van der Waals surface area (Å²) in [6.45, 7) is 10.8. The molecule has 1 saturated carbocycles. The van der Waals surface area contributed by atoms with E-state index in [1.54, 1.807) is 0 Å². The fraction of sp³-hybridized carbons (Fsp3) is 0.652. The van der Waals surface area contributed by atoms with Crippen molar-refractivity contribution in [2.75, 3.05) is 39.9 Å². The molecular formula is C23H34N4O2S. The predicted octanol–water partition coefficient (Wildman–Crippen LogP) is 4.15. The van der Waals surface area contributed by atoms with Crippen LogP contribution in [0.15, 0.2) is 5.57 Å². The summed E-state index contributed by atoms with van der Waals surface area (Å²) in [4.78, 5) is 24.2. The Kier molecular flexibility index (Phi) is 6.60. The smallest absolute Gasteiger partial charge is 0.265 e. The zero-order valence-electron chi connectivity index (χ0n) is 18.7. The molecule has 1 aliphatic heterocycles. The topological polar surface area (TPSA) is 50.1 Å². The van der Waals surface area contributed by atoms with E-state index in [4.69, 9.17) is 9.72 Å². The van der Waals surface area contributed by atoms with Crippen LogP contribution in [0.4, 0.5) is 0 Å². The van der Waals surface area contributed by atoms with Crippen molar-refractivity contribution in [3.05, 3.63) is 27.5 Å². The summed E-state index contributed by atoms with van der Waals surface area (Å²) in [5.41, 5.74) is 4.43. The number of morpholine rings is 1. The SMILES string of the molecule is C/C(=C\c1c(C)nc2sc(C(=O)N(C)C3CCCCC3)c(C)n12)CN1CCOCC1. The minimum atomic E-state index is 0.146. The van der Waals surface area contributed by atoms with Crippen LogP contribution < -0.4 is 0 Å². The second kappa shape index (κ2) is 9.20. The van der Waals surface area contributed by atoms with E-state index in [0.717, 1.165) is 72.6 Å². The summed E-state index contributed by atoms with van der Waals surface area (Å²) in [7, 11) is 1.97. The molecule has 0 spiro atoms. The largest absolute Gasteiger partial charge is 0.379 e. The van der Waals surface area contributed by atoms with Crippen molar-refractivity contribution in [1.82, 2.24) is 19.2 Å². The zero-order valence-corrected chi connectivity index (χ0v) is 19.6. The molecule has 0 atom stereocenters. The maximum atomic E-state index is 13.3. The van der Waals surface area contributed by atoms with Crippen LogP contribution in [0.2, 0.25) is 0 Å². The first-order valence-corrected chi connectivity index (χ1v) is 12.0. The number of hydrogen-bond donors (Lipinski definition) is 0. The number of carbonyl (C=O) groups excluding carboxylic acids is 1. The van der Waals surface area contributed by atoms with Crippen molar-refractivity contribution in [2.45, 2.75) is 58.9 Å². The third-order valence-electron chi connectivity index (χ3n) is 6.52. The summed E-state index contributed by atoms with van der Waals surface area (Å²) in [6, 6.07) is 0.372. The zero-order chi connectivity index (χ0) is 21.3. The van der Waals surface area contributed by atoms with Gasteiger partial charge in [0.15, 0.2) is 4.96 Å². The first-order valence-electron chi connectivity index (χ1n) is 11.2. The molecule has 4 rings (SSSR count). The molecule has 1 saturated heterocycles. The van der Waals surface area contributed by atoms with E-state index in [0.29, 0.717) is 6.04 Å². The number of imidazole rings is 1. The van der Waals surface area contributed by atoms with Gasteiger partial charge in [-0.3, -0.25) is 14.1 Å². The number of aryl methyl sites for hydroxylation is 2. The molecule has 2 aromatic rings. The van der Waals surface area contributed by atoms with E-state index >= 15 is 0 Å². The van der Waals surface area contributed by atoms with E-state index in [1.807, 2.05) is 11.9 Å². The van der Waals surface area contributed by atoms with Gasteiger partial charge in [0, 0.05) is 38.4 Å². The van der Waals surface area contributed by atoms with Gasteiger partial charge in [-0.25, -0.2) is 4.98 Å². The average molecular weight is 431 g/mol. The van der Waals surface area contributed by atoms with Crippen molar-refractivity contribution >= 4 is 28.3 Å². The third-order valence-corrected chi connectivity index (χ3v) is 7.65. The predicted molar refractivity (Wildman–Crippen MR) is 122 cm³/mol. The Balaban J connectivity index is 1.59. The molecule has 1 aliphatic carbocycles. The van der Waals surface area contributed by atoms with E-state index in [2.05, 4.69) is 36.1 Å². The minimum absolute atomic E-state index is 0.146. The Bertz CT molecular complexity index is 933. The number of ether oxygens (including phenoxy) is 1. The molecule has 2 fully saturated rings. The van der Waals surface area contributed by atoms with Gasteiger partial charge < -0.3 is 9.64 Å². The molecule has 0 unspecified atom stereocenters. The molecule has 2 aromatic heterocycles. The van der Waals surface area contributed by atoms with Gasteiger partial charge in [-0.15, -0.1) is 0 Å². The lowest BCUT2D eigenvalue weighted by molar-refractivity contribution is 0.0424. The summed E-state index contributed by atoms with van der Waals surface area (Å²) >= 11 is 1.53. The van der Waals surface area contributed by atoms with E-state index < -0.39 is 0 Å². The molecule has 0 aromatic carbocycles. The summed E-state index contributed by atoms with van der Waals surface area (Å²) in [5.74, 6) is 0.146. The van der Waals surface area contributed by atoms with Crippen molar-refractivity contribution < 1.29 is 9.53 Å². The molecule has 164 valence electrons. The van der Waals surface area contributed by atoms with Gasteiger partial charge in [0.2, 0.25) is 0 Å². The first kappa shape index (κ1) is 21.5. The second-order valence-electron chi connectivity index (χ2n) is 8.80. The molecule has 3 heterocycles. The molecule has 0 radical (unpaired) electrons. The summed E-state index contributed by atoms with van der Waals surface area (Å²) in [5, 5.41) is 0. The number of aromatic nitrogens is 2. The molecule has 30 heavy (non-hydrogen) atoms. The van der Waals surface area contributed by atoms with Crippen LogP contribution >= 0.6 is 11.3 Å². The van der Waals surface area contributed by atoms with Crippen molar-refractivity contribution in [3.8, 4) is 0 Å². The Morgan fingerprint density at radius 2 is 1.93 bits per heavy atom. The number of amides is 1. The fourth-order valence-electron chi connectivity index (χ4n) is 4.73. The number of hydrogen-bond acceptors (Lipinski definition) is 5. The molecule has 6 nitrogen and oxygen atoms in total. The van der Waals surface area contributed by atoms with Gasteiger partial charge in [-0.05, 0) is 39.7 Å². The highest BCUT2D eigenvalue weighted by atomic mass is 32.1. The Labute approximate surface area is 183 Å². The Morgan fingerprint density at radius 3 is 2.63 bits per heavy atom. The molecule has 7 heteroatoms. The lowest BCUT2D eigenvalue weighted by atomic mass is 9.94. The van der Waals surface area contributed by atoms with Crippen LogP contribution in [0.3, 0.4) is 0 Å². The fourth-order valence-corrected chi connectivity index (χ4v) is 5.89. The van der Waals surface area contributed by atoms with E-state index in [-0.39, 0.29) is 5.91 Å². The maximum absolute atomic E-state index is 13.3. The van der Waals surface area contributed by atoms with Crippen molar-refractivity contribution in [1.29, 1.82) is 0 Å². The van der Waals surface area contributed by atoms with Crippen molar-refractivity contribution in [3.63, 3.8) is 0 Å². The monoisotopic (exact) mass is 430 g/mol. The molecule has 1 amide bonds. The van der Waals surface area contributed by atoms with Gasteiger partial charge in [0.05, 0.1) is 24.6 Å². The Hall–Kier alpha value is -1.70. The molecule has 2 aliphatic rings. The van der Waals surface area contributed by atoms with Crippen LogP contribution in [0, 0.1) is 13.8 Å². The highest BCUT2D eigenvalue weighted by Crippen LogP contribution is 2.30. The number of carbonyl (C=O) groups is 1. The van der Waals surface area contributed by atoms with E-state index in [1.165, 1.54) is 36.2 Å². The number of thiazole rings is 1. The molecule has 0 N–H and O–H groups in total. The van der Waals surface area contributed by atoms with Gasteiger partial charge >= 0.3 is 0 Å². The average Bonchev–Trinajstić information content (AvgIpc) is 3.23. The van der Waals surface area contributed by atoms with Crippen molar-refractivity contribution in [2.24, 2.45) is 0 Å².